The largest absolute Gasteiger partial charge is 0.342 e. The molecule has 72 valence electrons. The van der Waals surface area contributed by atoms with Crippen molar-refractivity contribution in [3.8, 4) is 0 Å². The SMILES string of the molecule is CC.CC.CN1CCC=CC1=O. The molecule has 0 N–H and O–H groups in total. The number of carbonyl (C=O) groups is 1. The summed E-state index contributed by atoms with van der Waals surface area (Å²) in [5.41, 5.74) is 0. The first kappa shape index (κ1) is 13.8. The molecule has 0 bridgehead atoms. The second-order valence-electron chi connectivity index (χ2n) is 1.95. The standard InChI is InChI=1S/C6H9NO.2C2H6/c1-7-5-3-2-4-6(7)8;2*1-2/h2,4H,3,5H2,1H3;2*1-2H3. The second kappa shape index (κ2) is 10.2. The van der Waals surface area contributed by atoms with Gasteiger partial charge in [0.2, 0.25) is 5.91 Å². The molecule has 0 aliphatic carbocycles. The quantitative estimate of drug-likeness (QED) is 0.548. The molecule has 0 radical (unpaired) electrons. The summed E-state index contributed by atoms with van der Waals surface area (Å²) in [6.07, 6.45) is 4.52. The highest BCUT2D eigenvalue weighted by Gasteiger charge is 2.05. The van der Waals surface area contributed by atoms with Crippen LogP contribution in [0, 0.1) is 0 Å². The van der Waals surface area contributed by atoms with E-state index in [1.165, 1.54) is 0 Å². The van der Waals surface area contributed by atoms with E-state index >= 15 is 0 Å². The summed E-state index contributed by atoms with van der Waals surface area (Å²) >= 11 is 0. The Hall–Kier alpha value is -0.790. The summed E-state index contributed by atoms with van der Waals surface area (Å²) in [5.74, 6) is 0.122. The molecule has 1 heterocycles. The predicted octanol–water partition coefficient (Wildman–Crippen LogP) is 2.46. The second-order valence-corrected chi connectivity index (χ2v) is 1.95. The molecule has 0 aromatic carbocycles. The van der Waals surface area contributed by atoms with Crippen LogP contribution in [0.5, 0.6) is 0 Å². The Balaban J connectivity index is 0. The van der Waals surface area contributed by atoms with E-state index in [4.69, 9.17) is 0 Å². The van der Waals surface area contributed by atoms with Crippen molar-refractivity contribution in [3.05, 3.63) is 12.2 Å². The summed E-state index contributed by atoms with van der Waals surface area (Å²) in [7, 11) is 1.81. The van der Waals surface area contributed by atoms with Crippen molar-refractivity contribution >= 4 is 5.91 Å². The lowest BCUT2D eigenvalue weighted by atomic mass is 10.3. The van der Waals surface area contributed by atoms with Crippen LogP contribution in [0.4, 0.5) is 0 Å². The Labute approximate surface area is 76.3 Å². The van der Waals surface area contributed by atoms with Crippen LogP contribution in [0.3, 0.4) is 0 Å². The zero-order valence-electron chi connectivity index (χ0n) is 8.92. The zero-order valence-corrected chi connectivity index (χ0v) is 8.92. The van der Waals surface area contributed by atoms with Crippen LogP contribution in [0.2, 0.25) is 0 Å². The highest BCUT2D eigenvalue weighted by Crippen LogP contribution is 1.97. The fraction of sp³-hybridized carbons (Fsp3) is 0.700. The van der Waals surface area contributed by atoms with Gasteiger partial charge >= 0.3 is 0 Å². The van der Waals surface area contributed by atoms with Gasteiger partial charge in [-0.05, 0) is 12.5 Å². The maximum atomic E-state index is 10.6. The van der Waals surface area contributed by atoms with Gasteiger partial charge in [0.1, 0.15) is 0 Å². The average Bonchev–Trinajstić information content (AvgIpc) is 2.17. The molecule has 1 aliphatic rings. The summed E-state index contributed by atoms with van der Waals surface area (Å²) < 4.78 is 0. The van der Waals surface area contributed by atoms with Crippen molar-refractivity contribution in [1.82, 2.24) is 4.90 Å². The molecule has 1 amide bonds. The normalized spacial score (nSPS) is 14.1. The fourth-order valence-electron chi connectivity index (χ4n) is 0.690. The summed E-state index contributed by atoms with van der Waals surface area (Å²) in [5, 5.41) is 0. The Morgan fingerprint density at radius 1 is 1.25 bits per heavy atom. The van der Waals surface area contributed by atoms with E-state index < -0.39 is 0 Å². The molecule has 0 unspecified atom stereocenters. The van der Waals surface area contributed by atoms with E-state index in [-0.39, 0.29) is 5.91 Å². The van der Waals surface area contributed by atoms with E-state index in [1.807, 2.05) is 40.8 Å². The number of likely N-dealkylation sites (N-methyl/N-ethyl adjacent to an activating group) is 1. The summed E-state index contributed by atoms with van der Waals surface area (Å²) in [6.45, 7) is 8.87. The Kier molecular flexibility index (Phi) is 11.7. The third-order valence-corrected chi connectivity index (χ3v) is 1.27. The van der Waals surface area contributed by atoms with Gasteiger partial charge in [-0.2, -0.15) is 0 Å². The van der Waals surface area contributed by atoms with Crippen molar-refractivity contribution in [3.63, 3.8) is 0 Å². The minimum absolute atomic E-state index is 0.122. The molecule has 0 spiro atoms. The van der Waals surface area contributed by atoms with Crippen LogP contribution in [0.1, 0.15) is 34.1 Å². The maximum Gasteiger partial charge on any atom is 0.245 e. The van der Waals surface area contributed by atoms with Crippen LogP contribution < -0.4 is 0 Å². The van der Waals surface area contributed by atoms with Crippen LogP contribution in [0.15, 0.2) is 12.2 Å². The number of hydrogen-bond acceptors (Lipinski definition) is 1. The number of hydrogen-bond donors (Lipinski definition) is 0. The zero-order chi connectivity index (χ0) is 9.98. The predicted molar refractivity (Wildman–Crippen MR) is 54.1 cm³/mol. The van der Waals surface area contributed by atoms with Gasteiger partial charge in [0.25, 0.3) is 0 Å². The Bertz CT molecular complexity index is 130. The molecule has 0 aromatic rings. The van der Waals surface area contributed by atoms with Crippen LogP contribution >= 0.6 is 0 Å². The average molecular weight is 171 g/mol. The topological polar surface area (TPSA) is 20.3 Å². The third-order valence-electron chi connectivity index (χ3n) is 1.27. The molecule has 1 rings (SSSR count). The lowest BCUT2D eigenvalue weighted by Crippen LogP contribution is -2.27. The fourth-order valence-corrected chi connectivity index (χ4v) is 0.690. The molecular formula is C10H21NO. The van der Waals surface area contributed by atoms with Crippen molar-refractivity contribution < 1.29 is 4.79 Å². The van der Waals surface area contributed by atoms with E-state index in [0.29, 0.717) is 0 Å². The van der Waals surface area contributed by atoms with E-state index in [1.54, 1.807) is 11.0 Å². The van der Waals surface area contributed by atoms with E-state index in [2.05, 4.69) is 0 Å². The first-order chi connectivity index (χ1) is 5.80. The minimum atomic E-state index is 0.122. The molecule has 0 aromatic heterocycles. The molecule has 2 nitrogen and oxygen atoms in total. The minimum Gasteiger partial charge on any atom is -0.342 e. The molecule has 0 atom stereocenters. The summed E-state index contributed by atoms with van der Waals surface area (Å²) in [6, 6.07) is 0. The first-order valence-corrected chi connectivity index (χ1v) is 4.72. The molecule has 12 heavy (non-hydrogen) atoms. The van der Waals surface area contributed by atoms with Gasteiger partial charge in [-0.15, -0.1) is 0 Å². The lowest BCUT2D eigenvalue weighted by Gasteiger charge is -2.16. The third kappa shape index (κ3) is 5.96. The number of nitrogens with zero attached hydrogens (tertiary/aromatic N) is 1. The lowest BCUT2D eigenvalue weighted by molar-refractivity contribution is -0.125. The maximum absolute atomic E-state index is 10.6. The molecule has 2 heteroatoms. The Morgan fingerprint density at radius 2 is 1.75 bits per heavy atom. The van der Waals surface area contributed by atoms with Crippen LogP contribution in [-0.2, 0) is 4.79 Å². The van der Waals surface area contributed by atoms with Gasteiger partial charge in [0.15, 0.2) is 0 Å². The first-order valence-electron chi connectivity index (χ1n) is 4.72. The highest BCUT2D eigenvalue weighted by molar-refractivity contribution is 5.88. The van der Waals surface area contributed by atoms with Gasteiger partial charge in [-0.3, -0.25) is 4.79 Å². The Morgan fingerprint density at radius 3 is 2.00 bits per heavy atom. The smallest absolute Gasteiger partial charge is 0.245 e. The number of rotatable bonds is 0. The van der Waals surface area contributed by atoms with Crippen LogP contribution in [-0.4, -0.2) is 24.4 Å². The van der Waals surface area contributed by atoms with E-state index in [0.717, 1.165) is 13.0 Å². The van der Waals surface area contributed by atoms with Gasteiger partial charge in [0.05, 0.1) is 0 Å². The van der Waals surface area contributed by atoms with Gasteiger partial charge in [-0.1, -0.05) is 33.8 Å². The van der Waals surface area contributed by atoms with Crippen LogP contribution in [0.25, 0.3) is 0 Å². The van der Waals surface area contributed by atoms with Gasteiger partial charge in [0, 0.05) is 13.6 Å². The van der Waals surface area contributed by atoms with Crippen molar-refractivity contribution in [2.24, 2.45) is 0 Å². The molecule has 1 aliphatic heterocycles. The van der Waals surface area contributed by atoms with Gasteiger partial charge < -0.3 is 4.90 Å². The highest BCUT2D eigenvalue weighted by atomic mass is 16.2. The summed E-state index contributed by atoms with van der Waals surface area (Å²) in [4.78, 5) is 12.3. The van der Waals surface area contributed by atoms with Crippen molar-refractivity contribution in [2.75, 3.05) is 13.6 Å². The van der Waals surface area contributed by atoms with Gasteiger partial charge in [-0.25, -0.2) is 0 Å². The molecular weight excluding hydrogens is 150 g/mol. The van der Waals surface area contributed by atoms with Crippen molar-refractivity contribution in [2.45, 2.75) is 34.1 Å². The van der Waals surface area contributed by atoms with Crippen molar-refractivity contribution in [1.29, 1.82) is 0 Å². The molecule has 0 saturated carbocycles. The molecule has 0 saturated heterocycles. The monoisotopic (exact) mass is 171 g/mol. The van der Waals surface area contributed by atoms with E-state index in [9.17, 15) is 4.79 Å². The molecule has 0 fully saturated rings. The number of carbonyl (C=O) groups excluding carboxylic acids is 1. The number of amides is 1.